The third-order valence-electron chi connectivity index (χ3n) is 2.77. The summed E-state index contributed by atoms with van der Waals surface area (Å²) in [7, 11) is 0. The molecule has 0 N–H and O–H groups in total. The predicted octanol–water partition coefficient (Wildman–Crippen LogP) is 3.71. The Bertz CT molecular complexity index is 515. The first-order valence-corrected chi connectivity index (χ1v) is 5.23. The lowest BCUT2D eigenvalue weighted by molar-refractivity contribution is 1.04. The lowest BCUT2D eigenvalue weighted by atomic mass is 9.98. The summed E-state index contributed by atoms with van der Waals surface area (Å²) in [6.07, 6.45) is 7.08. The summed E-state index contributed by atoms with van der Waals surface area (Å²) < 4.78 is 0. The second-order valence-electron chi connectivity index (χ2n) is 3.79. The molecule has 0 heteroatoms. The molecule has 0 heterocycles. The van der Waals surface area contributed by atoms with Crippen LogP contribution in [0.25, 0.3) is 10.8 Å². The van der Waals surface area contributed by atoms with E-state index in [0.717, 1.165) is 12.8 Å². The zero-order valence-electron chi connectivity index (χ0n) is 8.96. The van der Waals surface area contributed by atoms with Gasteiger partial charge < -0.3 is 0 Å². The summed E-state index contributed by atoms with van der Waals surface area (Å²) in [5.41, 5.74) is 2.68. The monoisotopic (exact) mass is 194 g/mol. The molecule has 0 amide bonds. The Balaban J connectivity index is 2.57. The Morgan fingerprint density at radius 2 is 1.80 bits per heavy atom. The number of hydrogen-bond acceptors (Lipinski definition) is 0. The van der Waals surface area contributed by atoms with Crippen molar-refractivity contribution < 1.29 is 0 Å². The van der Waals surface area contributed by atoms with Gasteiger partial charge in [0.2, 0.25) is 0 Å². The number of rotatable bonds is 2. The van der Waals surface area contributed by atoms with Crippen LogP contribution in [0.3, 0.4) is 0 Å². The molecule has 2 rings (SSSR count). The molecule has 0 aromatic heterocycles. The minimum atomic E-state index is 0.813. The number of hydrogen-bond donors (Lipinski definition) is 0. The minimum absolute atomic E-state index is 0.813. The fourth-order valence-corrected chi connectivity index (χ4v) is 1.94. The van der Waals surface area contributed by atoms with E-state index >= 15 is 0 Å². The molecule has 0 atom stereocenters. The van der Waals surface area contributed by atoms with Gasteiger partial charge in [-0.3, -0.25) is 0 Å². The van der Waals surface area contributed by atoms with Crippen LogP contribution in [0.4, 0.5) is 0 Å². The van der Waals surface area contributed by atoms with Gasteiger partial charge in [0.25, 0.3) is 0 Å². The standard InChI is InChI=1S/C15H14/c1-3-4-7-13-11-10-12(2)14-8-5-6-9-15(13)14/h1,5-6,8-11H,4,7H2,2H3. The van der Waals surface area contributed by atoms with Crippen molar-refractivity contribution in [3.05, 3.63) is 47.5 Å². The van der Waals surface area contributed by atoms with Crippen molar-refractivity contribution in [3.63, 3.8) is 0 Å². The molecule has 0 fully saturated rings. The fraction of sp³-hybridized carbons (Fsp3) is 0.200. The average Bonchev–Trinajstić information content (AvgIpc) is 2.29. The van der Waals surface area contributed by atoms with Gasteiger partial charge in [-0.15, -0.1) is 12.3 Å². The van der Waals surface area contributed by atoms with E-state index in [4.69, 9.17) is 6.42 Å². The smallest absolute Gasteiger partial charge is 0.0127 e. The zero-order valence-corrected chi connectivity index (χ0v) is 8.96. The number of fused-ring (bicyclic) bond motifs is 1. The fourth-order valence-electron chi connectivity index (χ4n) is 1.94. The van der Waals surface area contributed by atoms with Crippen molar-refractivity contribution in [2.24, 2.45) is 0 Å². The maximum absolute atomic E-state index is 5.30. The maximum atomic E-state index is 5.30. The highest BCUT2D eigenvalue weighted by molar-refractivity contribution is 5.88. The highest BCUT2D eigenvalue weighted by Crippen LogP contribution is 2.23. The molecule has 15 heavy (non-hydrogen) atoms. The van der Waals surface area contributed by atoms with Gasteiger partial charge in [0, 0.05) is 6.42 Å². The summed E-state index contributed by atoms with van der Waals surface area (Å²) in [6, 6.07) is 12.9. The molecule has 0 saturated carbocycles. The minimum Gasteiger partial charge on any atom is -0.120 e. The first kappa shape index (κ1) is 9.80. The van der Waals surface area contributed by atoms with E-state index in [9.17, 15) is 0 Å². The Morgan fingerprint density at radius 3 is 2.53 bits per heavy atom. The molecule has 0 saturated heterocycles. The van der Waals surface area contributed by atoms with E-state index in [-0.39, 0.29) is 0 Å². The van der Waals surface area contributed by atoms with E-state index in [1.807, 2.05) is 0 Å². The Kier molecular flexibility index (Phi) is 2.74. The molecule has 0 radical (unpaired) electrons. The van der Waals surface area contributed by atoms with Crippen LogP contribution >= 0.6 is 0 Å². The predicted molar refractivity (Wildman–Crippen MR) is 65.8 cm³/mol. The number of terminal acetylenes is 1. The van der Waals surface area contributed by atoms with E-state index in [1.54, 1.807) is 0 Å². The van der Waals surface area contributed by atoms with Gasteiger partial charge in [-0.1, -0.05) is 36.4 Å². The molecule has 0 bridgehead atoms. The summed E-state index contributed by atoms with van der Waals surface area (Å²) in [5.74, 6) is 2.70. The van der Waals surface area contributed by atoms with Crippen molar-refractivity contribution in [2.75, 3.05) is 0 Å². The third-order valence-corrected chi connectivity index (χ3v) is 2.77. The van der Waals surface area contributed by atoms with E-state index < -0.39 is 0 Å². The van der Waals surface area contributed by atoms with Gasteiger partial charge in [0.05, 0.1) is 0 Å². The third kappa shape index (κ3) is 1.87. The maximum Gasteiger partial charge on any atom is 0.0127 e. The van der Waals surface area contributed by atoms with Crippen LogP contribution in [-0.2, 0) is 6.42 Å². The van der Waals surface area contributed by atoms with Gasteiger partial charge in [0.15, 0.2) is 0 Å². The van der Waals surface area contributed by atoms with Crippen molar-refractivity contribution in [2.45, 2.75) is 19.8 Å². The summed E-state index contributed by atoms with van der Waals surface area (Å²) >= 11 is 0. The molecule has 2 aromatic rings. The van der Waals surface area contributed by atoms with E-state index in [2.05, 4.69) is 49.2 Å². The van der Waals surface area contributed by atoms with Gasteiger partial charge in [0.1, 0.15) is 0 Å². The second-order valence-corrected chi connectivity index (χ2v) is 3.79. The Labute approximate surface area is 90.9 Å². The van der Waals surface area contributed by atoms with Crippen LogP contribution in [0.1, 0.15) is 17.5 Å². The zero-order chi connectivity index (χ0) is 10.7. The summed E-state index contributed by atoms with van der Waals surface area (Å²) in [6.45, 7) is 2.15. The topological polar surface area (TPSA) is 0 Å². The molecule has 74 valence electrons. The second kappa shape index (κ2) is 4.19. The Morgan fingerprint density at radius 1 is 1.07 bits per heavy atom. The number of benzene rings is 2. The lowest BCUT2D eigenvalue weighted by Crippen LogP contribution is -1.88. The molecule has 0 aliphatic carbocycles. The highest BCUT2D eigenvalue weighted by Gasteiger charge is 2.01. The van der Waals surface area contributed by atoms with Crippen LogP contribution in [0.15, 0.2) is 36.4 Å². The van der Waals surface area contributed by atoms with Gasteiger partial charge in [-0.2, -0.15) is 0 Å². The molecular formula is C15H14. The van der Waals surface area contributed by atoms with Gasteiger partial charge >= 0.3 is 0 Å². The van der Waals surface area contributed by atoms with E-state index in [0.29, 0.717) is 0 Å². The van der Waals surface area contributed by atoms with Crippen molar-refractivity contribution >= 4 is 10.8 Å². The van der Waals surface area contributed by atoms with Crippen molar-refractivity contribution in [1.82, 2.24) is 0 Å². The van der Waals surface area contributed by atoms with Crippen molar-refractivity contribution in [3.8, 4) is 12.3 Å². The van der Waals surface area contributed by atoms with Crippen LogP contribution in [-0.4, -0.2) is 0 Å². The van der Waals surface area contributed by atoms with Crippen LogP contribution in [0.2, 0.25) is 0 Å². The molecular weight excluding hydrogens is 180 g/mol. The molecule has 0 spiro atoms. The molecule has 0 aliphatic rings. The largest absolute Gasteiger partial charge is 0.120 e. The summed E-state index contributed by atoms with van der Waals surface area (Å²) in [4.78, 5) is 0. The van der Waals surface area contributed by atoms with Gasteiger partial charge in [-0.25, -0.2) is 0 Å². The summed E-state index contributed by atoms with van der Waals surface area (Å²) in [5, 5.41) is 2.68. The lowest BCUT2D eigenvalue weighted by Gasteiger charge is -2.07. The SMILES string of the molecule is C#CCCc1ccc(C)c2ccccc12. The quantitative estimate of drug-likeness (QED) is 0.639. The average molecular weight is 194 g/mol. The Hall–Kier alpha value is -1.74. The first-order chi connectivity index (χ1) is 7.33. The van der Waals surface area contributed by atoms with Gasteiger partial charge in [-0.05, 0) is 35.2 Å². The first-order valence-electron chi connectivity index (χ1n) is 5.23. The molecule has 0 aliphatic heterocycles. The van der Waals surface area contributed by atoms with Crippen LogP contribution in [0.5, 0.6) is 0 Å². The molecule has 0 nitrogen and oxygen atoms in total. The number of aryl methyl sites for hydroxylation is 2. The van der Waals surface area contributed by atoms with E-state index in [1.165, 1.54) is 21.9 Å². The normalized spacial score (nSPS) is 10.1. The van der Waals surface area contributed by atoms with Crippen LogP contribution in [0, 0.1) is 19.3 Å². The van der Waals surface area contributed by atoms with Crippen molar-refractivity contribution in [1.29, 1.82) is 0 Å². The molecule has 0 unspecified atom stereocenters. The van der Waals surface area contributed by atoms with Crippen LogP contribution < -0.4 is 0 Å². The molecule has 2 aromatic carbocycles. The highest BCUT2D eigenvalue weighted by atomic mass is 14.1.